The molecule has 0 unspecified atom stereocenters. The first-order valence-corrected chi connectivity index (χ1v) is 8.17. The van der Waals surface area contributed by atoms with Crippen LogP contribution in [0.1, 0.15) is 22.3 Å². The fourth-order valence-electron chi connectivity index (χ4n) is 2.40. The maximum Gasteiger partial charge on any atom is 0.264 e. The van der Waals surface area contributed by atoms with Gasteiger partial charge in [-0.2, -0.15) is 0 Å². The number of sulfonamides is 1. The predicted molar refractivity (Wildman–Crippen MR) is 85.2 cm³/mol. The van der Waals surface area contributed by atoms with Crippen LogP contribution in [-0.2, 0) is 10.0 Å². The van der Waals surface area contributed by atoms with Gasteiger partial charge in [-0.15, -0.1) is 0 Å². The van der Waals surface area contributed by atoms with Gasteiger partial charge in [0.05, 0.1) is 10.6 Å². The standard InChI is InChI=1S/C16H20N2O2S/c1-11-10-12(2)14(4)16(13(11)3)21(19,20)18(5)15-6-8-17-9-7-15/h6-10H,1-5H3. The van der Waals surface area contributed by atoms with Crippen LogP contribution < -0.4 is 4.31 Å². The summed E-state index contributed by atoms with van der Waals surface area (Å²) >= 11 is 0. The highest BCUT2D eigenvalue weighted by Crippen LogP contribution is 2.30. The largest absolute Gasteiger partial charge is 0.269 e. The van der Waals surface area contributed by atoms with Gasteiger partial charge in [0, 0.05) is 19.4 Å². The molecule has 1 aromatic carbocycles. The van der Waals surface area contributed by atoms with Crippen LogP contribution >= 0.6 is 0 Å². The minimum Gasteiger partial charge on any atom is -0.269 e. The van der Waals surface area contributed by atoms with Gasteiger partial charge in [0.1, 0.15) is 0 Å². The second-order valence-electron chi connectivity index (χ2n) is 5.27. The summed E-state index contributed by atoms with van der Waals surface area (Å²) in [6.07, 6.45) is 3.17. The minimum absolute atomic E-state index is 0.402. The molecule has 0 saturated carbocycles. The SMILES string of the molecule is Cc1cc(C)c(C)c(S(=O)(=O)N(C)c2ccncc2)c1C. The lowest BCUT2D eigenvalue weighted by Gasteiger charge is -2.23. The number of aryl methyl sites for hydroxylation is 2. The van der Waals surface area contributed by atoms with Crippen molar-refractivity contribution in [3.63, 3.8) is 0 Å². The van der Waals surface area contributed by atoms with Gasteiger partial charge in [-0.05, 0) is 62.1 Å². The van der Waals surface area contributed by atoms with Gasteiger partial charge in [-0.3, -0.25) is 9.29 Å². The van der Waals surface area contributed by atoms with E-state index >= 15 is 0 Å². The Kier molecular flexibility index (Phi) is 4.05. The van der Waals surface area contributed by atoms with Crippen LogP contribution in [0.5, 0.6) is 0 Å². The van der Waals surface area contributed by atoms with Crippen molar-refractivity contribution in [2.24, 2.45) is 0 Å². The van der Waals surface area contributed by atoms with E-state index in [-0.39, 0.29) is 0 Å². The quantitative estimate of drug-likeness (QED) is 0.875. The molecular weight excluding hydrogens is 284 g/mol. The van der Waals surface area contributed by atoms with E-state index in [0.717, 1.165) is 22.3 Å². The molecule has 0 aliphatic rings. The number of aromatic nitrogens is 1. The van der Waals surface area contributed by atoms with Crippen molar-refractivity contribution in [3.05, 3.63) is 52.8 Å². The first kappa shape index (κ1) is 15.5. The molecule has 0 N–H and O–H groups in total. The summed E-state index contributed by atoms with van der Waals surface area (Å²) in [6, 6.07) is 5.39. The number of rotatable bonds is 3. The summed E-state index contributed by atoms with van der Waals surface area (Å²) < 4.78 is 27.3. The third-order valence-corrected chi connectivity index (χ3v) is 6.00. The number of hydrogen-bond acceptors (Lipinski definition) is 3. The molecular formula is C16H20N2O2S. The highest BCUT2D eigenvalue weighted by atomic mass is 32.2. The van der Waals surface area contributed by atoms with E-state index in [4.69, 9.17) is 0 Å². The average molecular weight is 304 g/mol. The van der Waals surface area contributed by atoms with Crippen LogP contribution in [0.2, 0.25) is 0 Å². The fraction of sp³-hybridized carbons (Fsp3) is 0.312. The zero-order valence-corrected chi connectivity index (χ0v) is 13.8. The molecule has 2 aromatic rings. The van der Waals surface area contributed by atoms with Gasteiger partial charge >= 0.3 is 0 Å². The molecule has 21 heavy (non-hydrogen) atoms. The van der Waals surface area contributed by atoms with E-state index in [1.807, 2.05) is 33.8 Å². The molecule has 0 atom stereocenters. The molecule has 112 valence electrons. The van der Waals surface area contributed by atoms with Crippen molar-refractivity contribution < 1.29 is 8.42 Å². The molecule has 0 fully saturated rings. The highest BCUT2D eigenvalue weighted by Gasteiger charge is 2.26. The van der Waals surface area contributed by atoms with Gasteiger partial charge in [0.2, 0.25) is 0 Å². The van der Waals surface area contributed by atoms with Gasteiger partial charge in [0.25, 0.3) is 10.0 Å². The van der Waals surface area contributed by atoms with Gasteiger partial charge in [-0.25, -0.2) is 8.42 Å². The highest BCUT2D eigenvalue weighted by molar-refractivity contribution is 7.92. The first-order chi connectivity index (χ1) is 9.76. The van der Waals surface area contributed by atoms with Crippen molar-refractivity contribution in [2.45, 2.75) is 32.6 Å². The van der Waals surface area contributed by atoms with Crippen molar-refractivity contribution in [1.29, 1.82) is 0 Å². The fourth-order valence-corrected chi connectivity index (χ4v) is 4.17. The van der Waals surface area contributed by atoms with Crippen molar-refractivity contribution in [1.82, 2.24) is 4.98 Å². The van der Waals surface area contributed by atoms with Crippen LogP contribution in [-0.4, -0.2) is 20.4 Å². The molecule has 4 nitrogen and oxygen atoms in total. The Balaban J connectivity index is 2.66. The number of anilines is 1. The first-order valence-electron chi connectivity index (χ1n) is 6.73. The second-order valence-corrected chi connectivity index (χ2v) is 7.17. The van der Waals surface area contributed by atoms with E-state index in [0.29, 0.717) is 10.6 Å². The number of benzene rings is 1. The Morgan fingerprint density at radius 2 is 1.43 bits per heavy atom. The zero-order chi connectivity index (χ0) is 15.8. The monoisotopic (exact) mass is 304 g/mol. The molecule has 0 spiro atoms. The molecule has 0 bridgehead atoms. The third kappa shape index (κ3) is 2.65. The van der Waals surface area contributed by atoms with E-state index in [9.17, 15) is 8.42 Å². The topological polar surface area (TPSA) is 50.3 Å². The van der Waals surface area contributed by atoms with E-state index in [2.05, 4.69) is 4.98 Å². The summed E-state index contributed by atoms with van der Waals surface area (Å²) in [6.45, 7) is 7.59. The summed E-state index contributed by atoms with van der Waals surface area (Å²) in [4.78, 5) is 4.33. The minimum atomic E-state index is -3.59. The van der Waals surface area contributed by atoms with Crippen LogP contribution in [0, 0.1) is 27.7 Å². The average Bonchev–Trinajstić information content (AvgIpc) is 2.45. The second kappa shape index (κ2) is 5.48. The molecule has 0 saturated heterocycles. The molecule has 2 rings (SSSR count). The molecule has 5 heteroatoms. The number of pyridine rings is 1. The maximum atomic E-state index is 13.0. The number of nitrogens with zero attached hydrogens (tertiary/aromatic N) is 2. The normalized spacial score (nSPS) is 11.5. The summed E-state index contributed by atoms with van der Waals surface area (Å²) in [5, 5.41) is 0. The van der Waals surface area contributed by atoms with Crippen LogP contribution in [0.4, 0.5) is 5.69 Å². The predicted octanol–water partition coefficient (Wildman–Crippen LogP) is 3.14. The van der Waals surface area contributed by atoms with E-state index in [1.54, 1.807) is 31.6 Å². The Bertz CT molecular complexity index is 742. The Morgan fingerprint density at radius 1 is 0.952 bits per heavy atom. The maximum absolute atomic E-state index is 13.0. The molecule has 0 aliphatic heterocycles. The molecule has 0 aliphatic carbocycles. The van der Waals surface area contributed by atoms with Gasteiger partial charge in [-0.1, -0.05) is 6.07 Å². The van der Waals surface area contributed by atoms with Crippen LogP contribution in [0.3, 0.4) is 0 Å². The van der Waals surface area contributed by atoms with Crippen molar-refractivity contribution >= 4 is 15.7 Å². The van der Waals surface area contributed by atoms with Crippen molar-refractivity contribution in [3.8, 4) is 0 Å². The van der Waals surface area contributed by atoms with Crippen molar-refractivity contribution in [2.75, 3.05) is 11.4 Å². The van der Waals surface area contributed by atoms with E-state index in [1.165, 1.54) is 4.31 Å². The van der Waals surface area contributed by atoms with Gasteiger partial charge in [0.15, 0.2) is 0 Å². The number of hydrogen-bond donors (Lipinski definition) is 0. The molecule has 1 aromatic heterocycles. The van der Waals surface area contributed by atoms with E-state index < -0.39 is 10.0 Å². The molecule has 0 radical (unpaired) electrons. The zero-order valence-electron chi connectivity index (χ0n) is 13.0. The Hall–Kier alpha value is -1.88. The Morgan fingerprint density at radius 3 is 1.90 bits per heavy atom. The van der Waals surface area contributed by atoms with Crippen LogP contribution in [0.15, 0.2) is 35.5 Å². The molecule has 0 amide bonds. The Labute approximate surface area is 126 Å². The van der Waals surface area contributed by atoms with Gasteiger partial charge < -0.3 is 0 Å². The smallest absolute Gasteiger partial charge is 0.264 e. The summed E-state index contributed by atoms with van der Waals surface area (Å²) in [7, 11) is -2.02. The lowest BCUT2D eigenvalue weighted by Crippen LogP contribution is -2.28. The lowest BCUT2D eigenvalue weighted by atomic mass is 10.0. The van der Waals surface area contributed by atoms with Crippen LogP contribution in [0.25, 0.3) is 0 Å². The lowest BCUT2D eigenvalue weighted by molar-refractivity contribution is 0.593. The summed E-state index contributed by atoms with van der Waals surface area (Å²) in [5.41, 5.74) is 4.18. The summed E-state index contributed by atoms with van der Waals surface area (Å²) in [5.74, 6) is 0. The molecule has 1 heterocycles. The third-order valence-electron chi connectivity index (χ3n) is 3.94.